The van der Waals surface area contributed by atoms with Gasteiger partial charge < -0.3 is 20.3 Å². The van der Waals surface area contributed by atoms with Crippen molar-refractivity contribution >= 4 is 50.7 Å². The van der Waals surface area contributed by atoms with E-state index in [1.54, 1.807) is 0 Å². The van der Waals surface area contributed by atoms with E-state index in [2.05, 4.69) is 54.3 Å². The van der Waals surface area contributed by atoms with E-state index in [1.807, 2.05) is 6.07 Å². The van der Waals surface area contributed by atoms with E-state index >= 15 is 0 Å². The minimum Gasteiger partial charge on any atom is -0.465 e. The standard InChI is InChI=1S/C25H36ClN7O4S/c1-17(34)37-13-12-33-11-10-32(2)23-14-19(9-8-18(23)16-33)28-25-27-15-20(26)24(30-25)29-21-6-4-5-7-22(21)31-38(3,35)36/h8-9,14-15,21-22,31H,4-7,10-13,16H2,1-3H3,(H2,27,28,29,30). The minimum atomic E-state index is -3.33. The molecule has 1 aromatic heterocycles. The van der Waals surface area contributed by atoms with Gasteiger partial charge >= 0.3 is 5.97 Å². The lowest BCUT2D eigenvalue weighted by Crippen LogP contribution is -2.48. The predicted molar refractivity (Wildman–Crippen MR) is 150 cm³/mol. The lowest BCUT2D eigenvalue weighted by Gasteiger charge is -2.32. The highest BCUT2D eigenvalue weighted by Gasteiger charge is 2.28. The Morgan fingerprint density at radius 3 is 2.71 bits per heavy atom. The first-order chi connectivity index (χ1) is 18.1. The summed E-state index contributed by atoms with van der Waals surface area (Å²) < 4.78 is 31.5. The first-order valence-corrected chi connectivity index (χ1v) is 15.1. The number of fused-ring (bicyclic) bond motifs is 1. The maximum Gasteiger partial charge on any atom is 0.302 e. The van der Waals surface area contributed by atoms with Crippen LogP contribution in [0.15, 0.2) is 24.4 Å². The van der Waals surface area contributed by atoms with E-state index in [4.69, 9.17) is 16.3 Å². The predicted octanol–water partition coefficient (Wildman–Crippen LogP) is 2.96. The second-order valence-corrected chi connectivity index (χ2v) is 12.1. The molecule has 0 amide bonds. The molecule has 1 aromatic carbocycles. The molecule has 1 aliphatic carbocycles. The fourth-order valence-corrected chi connectivity index (χ4v) is 5.90. The summed E-state index contributed by atoms with van der Waals surface area (Å²) in [5.74, 6) is 0.589. The molecule has 2 aromatic rings. The third-order valence-electron chi connectivity index (χ3n) is 6.81. The molecule has 4 rings (SSSR count). The highest BCUT2D eigenvalue weighted by atomic mass is 35.5. The molecule has 13 heteroatoms. The van der Waals surface area contributed by atoms with E-state index in [-0.39, 0.29) is 18.1 Å². The van der Waals surface area contributed by atoms with Gasteiger partial charge in [-0.25, -0.2) is 18.1 Å². The van der Waals surface area contributed by atoms with E-state index in [0.29, 0.717) is 29.9 Å². The number of halogens is 1. The van der Waals surface area contributed by atoms with Crippen LogP contribution in [0.4, 0.5) is 23.1 Å². The van der Waals surface area contributed by atoms with Crippen LogP contribution < -0.4 is 20.3 Å². The largest absolute Gasteiger partial charge is 0.465 e. The van der Waals surface area contributed by atoms with Gasteiger partial charge in [0.1, 0.15) is 11.6 Å². The van der Waals surface area contributed by atoms with Crippen LogP contribution in [0.5, 0.6) is 0 Å². The maximum atomic E-state index is 11.8. The van der Waals surface area contributed by atoms with E-state index in [1.165, 1.54) is 24.9 Å². The quantitative estimate of drug-likeness (QED) is 0.390. The zero-order chi connectivity index (χ0) is 27.3. The van der Waals surface area contributed by atoms with Crippen LogP contribution in [0, 0.1) is 0 Å². The number of hydrogen-bond donors (Lipinski definition) is 3. The molecule has 1 fully saturated rings. The zero-order valence-electron chi connectivity index (χ0n) is 22.0. The number of carbonyl (C=O) groups excluding carboxylic acids is 1. The third-order valence-corrected chi connectivity index (χ3v) is 7.82. The normalized spacial score (nSPS) is 20.4. The van der Waals surface area contributed by atoms with Gasteiger partial charge in [0.25, 0.3) is 0 Å². The molecule has 1 aliphatic heterocycles. The van der Waals surface area contributed by atoms with E-state index in [0.717, 1.165) is 56.7 Å². The number of likely N-dealkylation sites (N-methyl/N-ethyl adjacent to an activating group) is 1. The summed E-state index contributed by atoms with van der Waals surface area (Å²) in [5.41, 5.74) is 3.13. The summed E-state index contributed by atoms with van der Waals surface area (Å²) in [6.07, 6.45) is 6.24. The third kappa shape index (κ3) is 7.92. The Balaban J connectivity index is 1.46. The van der Waals surface area contributed by atoms with Crippen LogP contribution in [-0.4, -0.2) is 80.9 Å². The van der Waals surface area contributed by atoms with Crippen molar-refractivity contribution in [1.82, 2.24) is 19.6 Å². The summed E-state index contributed by atoms with van der Waals surface area (Å²) in [6, 6.07) is 5.79. The molecule has 0 bridgehead atoms. The summed E-state index contributed by atoms with van der Waals surface area (Å²) in [4.78, 5) is 24.5. The molecule has 0 spiro atoms. The second-order valence-electron chi connectivity index (χ2n) is 9.93. The number of carbonyl (C=O) groups is 1. The van der Waals surface area contributed by atoms with Gasteiger partial charge in [-0.3, -0.25) is 9.69 Å². The average Bonchev–Trinajstić information content (AvgIpc) is 3.00. The lowest BCUT2D eigenvalue weighted by atomic mass is 9.91. The molecule has 2 heterocycles. The number of hydrogen-bond acceptors (Lipinski definition) is 10. The van der Waals surface area contributed by atoms with Crippen molar-refractivity contribution in [2.45, 2.75) is 51.2 Å². The van der Waals surface area contributed by atoms with Gasteiger partial charge in [0.15, 0.2) is 5.82 Å². The summed E-state index contributed by atoms with van der Waals surface area (Å²) in [5, 5.41) is 6.99. The fraction of sp³-hybridized carbons (Fsp3) is 0.560. The first kappa shape index (κ1) is 28.3. The van der Waals surface area contributed by atoms with Crippen LogP contribution in [0.3, 0.4) is 0 Å². The fourth-order valence-electron chi connectivity index (χ4n) is 4.92. The number of aromatic nitrogens is 2. The Hall–Kier alpha value is -2.67. The minimum absolute atomic E-state index is 0.122. The molecule has 2 unspecified atom stereocenters. The maximum absolute atomic E-state index is 11.8. The van der Waals surface area contributed by atoms with Crippen molar-refractivity contribution in [3.8, 4) is 0 Å². The first-order valence-electron chi connectivity index (χ1n) is 12.8. The summed E-state index contributed by atoms with van der Waals surface area (Å²) >= 11 is 6.41. The molecule has 208 valence electrons. The zero-order valence-corrected chi connectivity index (χ0v) is 23.6. The van der Waals surface area contributed by atoms with Gasteiger partial charge in [0, 0.05) is 63.6 Å². The van der Waals surface area contributed by atoms with Crippen LogP contribution in [0.1, 0.15) is 38.2 Å². The molecule has 0 radical (unpaired) electrons. The molecule has 2 aliphatic rings. The Morgan fingerprint density at radius 1 is 1.21 bits per heavy atom. The number of ether oxygens (including phenoxy) is 1. The van der Waals surface area contributed by atoms with Crippen LogP contribution in [0.2, 0.25) is 5.02 Å². The van der Waals surface area contributed by atoms with Gasteiger partial charge in [-0.2, -0.15) is 4.98 Å². The number of esters is 1. The number of nitrogens with one attached hydrogen (secondary N) is 3. The van der Waals surface area contributed by atoms with Gasteiger partial charge in [0.05, 0.1) is 12.5 Å². The van der Waals surface area contributed by atoms with Gasteiger partial charge in [-0.15, -0.1) is 0 Å². The molecular formula is C25H36ClN7O4S. The van der Waals surface area contributed by atoms with Crippen LogP contribution in [0.25, 0.3) is 0 Å². The second kappa shape index (κ2) is 12.5. The molecule has 0 saturated heterocycles. The summed E-state index contributed by atoms with van der Waals surface area (Å²) in [6.45, 7) is 4.95. The van der Waals surface area contributed by atoms with Crippen molar-refractivity contribution in [1.29, 1.82) is 0 Å². The van der Waals surface area contributed by atoms with Crippen LogP contribution >= 0.6 is 11.6 Å². The van der Waals surface area contributed by atoms with Gasteiger partial charge in [0.2, 0.25) is 16.0 Å². The molecule has 1 saturated carbocycles. The van der Waals surface area contributed by atoms with Crippen molar-refractivity contribution in [3.05, 3.63) is 35.0 Å². The van der Waals surface area contributed by atoms with Crippen molar-refractivity contribution in [3.63, 3.8) is 0 Å². The average molecular weight is 566 g/mol. The highest BCUT2D eigenvalue weighted by Crippen LogP contribution is 2.30. The summed E-state index contributed by atoms with van der Waals surface area (Å²) in [7, 11) is -1.27. The Kier molecular flexibility index (Phi) is 9.29. The molecule has 38 heavy (non-hydrogen) atoms. The number of sulfonamides is 1. The van der Waals surface area contributed by atoms with E-state index < -0.39 is 10.0 Å². The molecule has 2 atom stereocenters. The molecule has 11 nitrogen and oxygen atoms in total. The smallest absolute Gasteiger partial charge is 0.302 e. The van der Waals surface area contributed by atoms with Crippen molar-refractivity contribution in [2.75, 3.05) is 55.1 Å². The molecule has 3 N–H and O–H groups in total. The van der Waals surface area contributed by atoms with Gasteiger partial charge in [-0.05, 0) is 30.5 Å². The van der Waals surface area contributed by atoms with Crippen LogP contribution in [-0.2, 0) is 26.1 Å². The Bertz CT molecular complexity index is 1250. The number of rotatable bonds is 9. The monoisotopic (exact) mass is 565 g/mol. The lowest BCUT2D eigenvalue weighted by molar-refractivity contribution is -0.141. The van der Waals surface area contributed by atoms with E-state index in [9.17, 15) is 13.2 Å². The van der Waals surface area contributed by atoms with Gasteiger partial charge in [-0.1, -0.05) is 30.5 Å². The topological polar surface area (TPSA) is 129 Å². The number of nitrogens with zero attached hydrogens (tertiary/aromatic N) is 4. The highest BCUT2D eigenvalue weighted by molar-refractivity contribution is 7.88. The number of benzene rings is 1. The van der Waals surface area contributed by atoms with Crippen molar-refractivity contribution < 1.29 is 17.9 Å². The number of anilines is 4. The SMILES string of the molecule is CC(=O)OCCN1CCN(C)c2cc(Nc3ncc(Cl)c(NC4CCCCC4NS(C)(=O)=O)n3)ccc2C1. The Morgan fingerprint density at radius 2 is 1.97 bits per heavy atom. The molecular weight excluding hydrogens is 530 g/mol. The Labute approximate surface area is 229 Å². The van der Waals surface area contributed by atoms with Crippen molar-refractivity contribution in [2.24, 2.45) is 0 Å².